The van der Waals surface area contributed by atoms with Gasteiger partial charge in [0.15, 0.2) is 24.0 Å². The number of ether oxygens (including phenoxy) is 1. The topological polar surface area (TPSA) is 26.3 Å². The summed E-state index contributed by atoms with van der Waals surface area (Å²) in [7, 11) is 0. The van der Waals surface area contributed by atoms with Gasteiger partial charge in [-0.15, -0.1) is 11.3 Å². The number of rotatable bonds is 4. The highest BCUT2D eigenvalue weighted by molar-refractivity contribution is 9.10. The van der Waals surface area contributed by atoms with Gasteiger partial charge in [0.25, 0.3) is 0 Å². The molecule has 0 fully saturated rings. The van der Waals surface area contributed by atoms with Crippen LogP contribution in [0.4, 0.5) is 8.78 Å². The molecular weight excluding hydrogens is 326 g/mol. The monoisotopic (exact) mass is 332 g/mol. The first-order chi connectivity index (χ1) is 8.59. The average Bonchev–Trinajstić information content (AvgIpc) is 2.74. The molecule has 0 spiro atoms. The normalized spacial score (nSPS) is 10.4. The molecular formula is C12H7BrF2O2S. The fraction of sp³-hybridized carbons (Fsp3) is 0.0833. The minimum Gasteiger partial charge on any atom is -0.479 e. The van der Waals surface area contributed by atoms with Crippen LogP contribution >= 0.6 is 27.3 Å². The maximum absolute atomic E-state index is 13.2. The number of Topliss-reactive ketones (excluding diaryl/α,β-unsaturated/α-hetero) is 1. The lowest BCUT2D eigenvalue weighted by atomic mass is 10.3. The number of hydrogen-bond acceptors (Lipinski definition) is 3. The first-order valence-electron chi connectivity index (χ1n) is 4.92. The summed E-state index contributed by atoms with van der Waals surface area (Å²) in [5.74, 6) is -2.51. The molecule has 0 amide bonds. The van der Waals surface area contributed by atoms with Gasteiger partial charge in [-0.3, -0.25) is 4.79 Å². The van der Waals surface area contributed by atoms with E-state index in [1.54, 1.807) is 11.4 Å². The Labute approximate surface area is 114 Å². The second kappa shape index (κ2) is 5.58. The van der Waals surface area contributed by atoms with Crippen molar-refractivity contribution in [1.82, 2.24) is 0 Å². The van der Waals surface area contributed by atoms with Crippen molar-refractivity contribution in [2.75, 3.05) is 6.61 Å². The van der Waals surface area contributed by atoms with Gasteiger partial charge in [0.2, 0.25) is 5.78 Å². The minimum atomic E-state index is -0.826. The Morgan fingerprint density at radius 1 is 1.28 bits per heavy atom. The third-order valence-corrected chi connectivity index (χ3v) is 4.02. The van der Waals surface area contributed by atoms with Gasteiger partial charge < -0.3 is 4.74 Å². The van der Waals surface area contributed by atoms with E-state index in [1.807, 2.05) is 0 Å². The fourth-order valence-electron chi connectivity index (χ4n) is 1.32. The van der Waals surface area contributed by atoms with Gasteiger partial charge in [-0.2, -0.15) is 0 Å². The van der Waals surface area contributed by atoms with Crippen LogP contribution in [0.25, 0.3) is 0 Å². The maximum atomic E-state index is 13.2. The molecule has 1 heterocycles. The standard InChI is InChI=1S/C12H7BrF2O2S/c13-7-4-5-18-12(7)10(16)6-17-11-8(14)2-1-3-9(11)15/h1-5H,6H2. The lowest BCUT2D eigenvalue weighted by molar-refractivity contribution is 0.0919. The van der Waals surface area contributed by atoms with E-state index in [4.69, 9.17) is 4.74 Å². The quantitative estimate of drug-likeness (QED) is 0.789. The minimum absolute atomic E-state index is 0.334. The van der Waals surface area contributed by atoms with Crippen LogP contribution in [0.2, 0.25) is 0 Å². The first-order valence-corrected chi connectivity index (χ1v) is 6.60. The first kappa shape index (κ1) is 13.2. The smallest absolute Gasteiger partial charge is 0.211 e. The summed E-state index contributed by atoms with van der Waals surface area (Å²) in [6, 6.07) is 5.10. The number of para-hydroxylation sites is 1. The predicted octanol–water partition coefficient (Wildman–Crippen LogP) is 4.05. The number of ketones is 1. The van der Waals surface area contributed by atoms with Gasteiger partial charge in [-0.25, -0.2) is 8.78 Å². The molecule has 0 N–H and O–H groups in total. The Balaban J connectivity index is 2.09. The Hall–Kier alpha value is -1.27. The van der Waals surface area contributed by atoms with Gasteiger partial charge >= 0.3 is 0 Å². The van der Waals surface area contributed by atoms with Crippen LogP contribution in [0, 0.1) is 11.6 Å². The number of carbonyl (C=O) groups is 1. The summed E-state index contributed by atoms with van der Waals surface area (Å²) < 4.78 is 32.0. The summed E-state index contributed by atoms with van der Waals surface area (Å²) in [4.78, 5) is 12.2. The van der Waals surface area contributed by atoms with Crippen LogP contribution in [-0.2, 0) is 0 Å². The third kappa shape index (κ3) is 2.76. The molecule has 0 aliphatic rings. The molecule has 6 heteroatoms. The van der Waals surface area contributed by atoms with Gasteiger partial charge in [-0.05, 0) is 39.5 Å². The highest BCUT2D eigenvalue weighted by atomic mass is 79.9. The van der Waals surface area contributed by atoms with Crippen LogP contribution in [0.5, 0.6) is 5.75 Å². The van der Waals surface area contributed by atoms with E-state index in [9.17, 15) is 13.6 Å². The van der Waals surface area contributed by atoms with E-state index in [-0.39, 0.29) is 5.78 Å². The van der Waals surface area contributed by atoms with Crippen molar-refractivity contribution in [3.63, 3.8) is 0 Å². The van der Waals surface area contributed by atoms with Crippen LogP contribution in [0.1, 0.15) is 9.67 Å². The van der Waals surface area contributed by atoms with E-state index in [0.29, 0.717) is 9.35 Å². The van der Waals surface area contributed by atoms with Gasteiger partial charge in [0.1, 0.15) is 0 Å². The van der Waals surface area contributed by atoms with Crippen molar-refractivity contribution in [3.05, 3.63) is 50.6 Å². The summed E-state index contributed by atoms with van der Waals surface area (Å²) in [6.07, 6.45) is 0. The molecule has 0 bridgehead atoms. The van der Waals surface area contributed by atoms with Crippen molar-refractivity contribution in [3.8, 4) is 5.75 Å². The molecule has 0 radical (unpaired) electrons. The highest BCUT2D eigenvalue weighted by Gasteiger charge is 2.15. The Bertz CT molecular complexity index is 563. The molecule has 94 valence electrons. The van der Waals surface area contributed by atoms with Crippen molar-refractivity contribution in [2.45, 2.75) is 0 Å². The SMILES string of the molecule is O=C(COc1c(F)cccc1F)c1sccc1Br. The number of benzene rings is 1. The summed E-state index contributed by atoms with van der Waals surface area (Å²) in [6.45, 7) is -0.406. The number of thiophene rings is 1. The lowest BCUT2D eigenvalue weighted by Gasteiger charge is -2.06. The van der Waals surface area contributed by atoms with Crippen LogP contribution in [0.15, 0.2) is 34.1 Å². The van der Waals surface area contributed by atoms with Crippen molar-refractivity contribution in [2.24, 2.45) is 0 Å². The maximum Gasteiger partial charge on any atom is 0.211 e. The molecule has 0 unspecified atom stereocenters. The molecule has 0 saturated carbocycles. The van der Waals surface area contributed by atoms with Gasteiger partial charge in [-0.1, -0.05) is 6.07 Å². The second-order valence-electron chi connectivity index (χ2n) is 3.36. The fourth-order valence-corrected chi connectivity index (χ4v) is 2.84. The van der Waals surface area contributed by atoms with E-state index in [1.165, 1.54) is 17.4 Å². The van der Waals surface area contributed by atoms with Gasteiger partial charge in [0.05, 0.1) is 4.88 Å². The largest absolute Gasteiger partial charge is 0.479 e. The third-order valence-electron chi connectivity index (χ3n) is 2.14. The molecule has 0 aliphatic heterocycles. The molecule has 0 atom stereocenters. The highest BCUT2D eigenvalue weighted by Crippen LogP contribution is 2.25. The van der Waals surface area contributed by atoms with E-state index >= 15 is 0 Å². The zero-order valence-electron chi connectivity index (χ0n) is 8.95. The lowest BCUT2D eigenvalue weighted by Crippen LogP contribution is -2.12. The predicted molar refractivity (Wildman–Crippen MR) is 68.2 cm³/mol. The molecule has 0 saturated heterocycles. The van der Waals surface area contributed by atoms with Crippen LogP contribution < -0.4 is 4.74 Å². The van der Waals surface area contributed by atoms with Crippen molar-refractivity contribution in [1.29, 1.82) is 0 Å². The van der Waals surface area contributed by atoms with E-state index in [0.717, 1.165) is 12.1 Å². The van der Waals surface area contributed by atoms with Gasteiger partial charge in [0, 0.05) is 4.47 Å². The summed E-state index contributed by atoms with van der Waals surface area (Å²) in [5, 5.41) is 1.74. The molecule has 1 aromatic carbocycles. The van der Waals surface area contributed by atoms with E-state index < -0.39 is 24.0 Å². The zero-order chi connectivity index (χ0) is 13.1. The molecule has 18 heavy (non-hydrogen) atoms. The van der Waals surface area contributed by atoms with E-state index in [2.05, 4.69) is 15.9 Å². The number of hydrogen-bond donors (Lipinski definition) is 0. The number of halogens is 3. The molecule has 2 aromatic rings. The zero-order valence-corrected chi connectivity index (χ0v) is 11.4. The Morgan fingerprint density at radius 3 is 2.50 bits per heavy atom. The average molecular weight is 333 g/mol. The summed E-state index contributed by atoms with van der Waals surface area (Å²) >= 11 is 4.45. The van der Waals surface area contributed by atoms with Crippen LogP contribution in [-0.4, -0.2) is 12.4 Å². The van der Waals surface area contributed by atoms with Crippen molar-refractivity contribution >= 4 is 33.0 Å². The second-order valence-corrected chi connectivity index (χ2v) is 5.13. The molecule has 2 rings (SSSR count). The Morgan fingerprint density at radius 2 is 1.94 bits per heavy atom. The van der Waals surface area contributed by atoms with Crippen LogP contribution in [0.3, 0.4) is 0 Å². The molecule has 2 nitrogen and oxygen atoms in total. The Kier molecular flexibility index (Phi) is 4.08. The molecule has 0 aliphatic carbocycles. The molecule has 1 aromatic heterocycles. The number of carbonyl (C=O) groups excluding carboxylic acids is 1. The summed E-state index contributed by atoms with van der Waals surface area (Å²) in [5.41, 5.74) is 0. The van der Waals surface area contributed by atoms with Crippen molar-refractivity contribution < 1.29 is 18.3 Å².